The minimum absolute atomic E-state index is 0.110. The molecule has 10 aromatic carbocycles. The third-order valence-electron chi connectivity index (χ3n) is 14.9. The summed E-state index contributed by atoms with van der Waals surface area (Å²) in [6, 6.07) is 76.2. The molecule has 400 valence electrons. The molecule has 0 unspecified atom stereocenters. The van der Waals surface area contributed by atoms with Gasteiger partial charge in [0, 0.05) is 34.1 Å². The lowest BCUT2D eigenvalue weighted by Gasteiger charge is -2.34. The first-order valence-electron chi connectivity index (χ1n) is 32.3. The fraction of sp³-hybridized carbons (Fsp3) is 0.132. The van der Waals surface area contributed by atoms with Gasteiger partial charge in [-0.2, -0.15) is 0 Å². The molecular formula is C76H66N4OSi. The van der Waals surface area contributed by atoms with Crippen LogP contribution in [0.1, 0.15) is 65.0 Å². The van der Waals surface area contributed by atoms with Gasteiger partial charge in [0.1, 0.15) is 17.3 Å². The summed E-state index contributed by atoms with van der Waals surface area (Å²) in [4.78, 5) is 4.92. The maximum absolute atomic E-state index is 10.0. The van der Waals surface area contributed by atoms with E-state index in [0.717, 1.165) is 44.1 Å². The summed E-state index contributed by atoms with van der Waals surface area (Å²) in [6.45, 7) is 11.1. The number of rotatable bonds is 13. The first-order chi connectivity index (χ1) is 43.5. The fourth-order valence-electron chi connectivity index (χ4n) is 11.7. The molecule has 13 aromatic rings. The molecule has 5 nitrogen and oxygen atoms in total. The average molecular weight is 1090 g/mol. The Bertz CT molecular complexity index is 4830. The number of fused-ring (bicyclic) bond motifs is 4. The van der Waals surface area contributed by atoms with Crippen molar-refractivity contribution in [2.24, 2.45) is 10.8 Å². The minimum atomic E-state index is -2.98. The standard InChI is InChI=1S/C76H66N4OSi/c1-75(2,3)50-56-29-24-40-65(55-28-23-38-64(46-55)82(61-32-13-8-14-33-61,62-34-15-9-16-35-62)63-36-17-10-18-37-63)74(56)79-53-78(70-42-21-22-43-71(70)79)58-30-25-31-59(48-58)81-60-44-45-67-66-39-19-20-41-69(66)80(72(67)49-60)73-47-57(51-76(4,5)6)68(52-77-73)54-26-11-7-12-27-54/h7-49,52H,50-51H2,1-6H3/i7D,11D,12D,26D,27D,50D2,51D2. The molecule has 0 saturated heterocycles. The summed E-state index contributed by atoms with van der Waals surface area (Å²) in [5.74, 6) is 1.40. The normalized spacial score (nSPS) is 14.0. The zero-order valence-corrected chi connectivity index (χ0v) is 47.7. The molecule has 0 N–H and O–H groups in total. The highest BCUT2D eigenvalue weighted by molar-refractivity contribution is 7.19. The lowest BCUT2D eigenvalue weighted by Crippen LogP contribution is -2.74. The van der Waals surface area contributed by atoms with Gasteiger partial charge in [0.25, 0.3) is 6.33 Å². The van der Waals surface area contributed by atoms with Gasteiger partial charge in [-0.25, -0.2) is 4.98 Å². The quantitative estimate of drug-likeness (QED) is 0.0499. The number of hydrogen-bond acceptors (Lipinski definition) is 2. The molecular weight excluding hydrogens is 1010 g/mol. The number of pyridine rings is 1. The highest BCUT2D eigenvalue weighted by Crippen LogP contribution is 2.38. The van der Waals surface area contributed by atoms with Crippen LogP contribution >= 0.6 is 0 Å². The molecule has 82 heavy (non-hydrogen) atoms. The van der Waals surface area contributed by atoms with E-state index >= 15 is 0 Å². The van der Waals surface area contributed by atoms with Crippen LogP contribution in [0.25, 0.3) is 72.3 Å². The Balaban J connectivity index is 0.943. The van der Waals surface area contributed by atoms with Gasteiger partial charge in [0.2, 0.25) is 0 Å². The number of ether oxygens (including phenoxy) is 1. The maximum Gasteiger partial charge on any atom is 0.269 e. The third kappa shape index (κ3) is 9.83. The molecule has 3 aromatic heterocycles. The van der Waals surface area contributed by atoms with Gasteiger partial charge in [-0.3, -0.25) is 13.7 Å². The first-order valence-corrected chi connectivity index (χ1v) is 29.8. The lowest BCUT2D eigenvalue weighted by atomic mass is 9.85. The first kappa shape index (κ1) is 42.5. The van der Waals surface area contributed by atoms with E-state index in [1.165, 1.54) is 26.9 Å². The van der Waals surface area contributed by atoms with E-state index < -0.39 is 61.9 Å². The molecule has 0 aliphatic carbocycles. The van der Waals surface area contributed by atoms with E-state index in [9.17, 15) is 5.48 Å². The van der Waals surface area contributed by atoms with Crippen molar-refractivity contribution in [2.45, 2.75) is 54.3 Å². The third-order valence-corrected chi connectivity index (χ3v) is 19.7. The van der Waals surface area contributed by atoms with Crippen molar-refractivity contribution in [2.75, 3.05) is 0 Å². The molecule has 0 spiro atoms. The van der Waals surface area contributed by atoms with Crippen LogP contribution in [0.5, 0.6) is 11.5 Å². The number of aromatic nitrogens is 4. The van der Waals surface area contributed by atoms with Gasteiger partial charge in [0.15, 0.2) is 8.07 Å². The van der Waals surface area contributed by atoms with Crippen LogP contribution in [0, 0.1) is 17.2 Å². The SMILES string of the molecule is [2H]c1c([2H])c([2H])c(-c2cnc(-n3c4ccccc4c4ccc(Oc5cccc(-n6[c-][n+](-c7c(-c8cccc([Si](c9ccccc9)(c9ccccc9)c9ccccc9)c8)cccc7C([2H])([2H])C(C)(C)C)c7ccccc76)c5)cc43)cc2C([2H])([2H])C(C)(C)C)c([2H])c1[2H]. The zero-order valence-electron chi connectivity index (χ0n) is 55.7. The highest BCUT2D eigenvalue weighted by atomic mass is 28.3. The van der Waals surface area contributed by atoms with Crippen molar-refractivity contribution in [1.82, 2.24) is 14.1 Å². The predicted octanol–water partition coefficient (Wildman–Crippen LogP) is 15.9. The van der Waals surface area contributed by atoms with E-state index in [0.29, 0.717) is 34.1 Å². The van der Waals surface area contributed by atoms with Crippen molar-refractivity contribution in [3.63, 3.8) is 0 Å². The Hall–Kier alpha value is -9.36. The van der Waals surface area contributed by atoms with Gasteiger partial charge >= 0.3 is 0 Å². The van der Waals surface area contributed by atoms with E-state index in [-0.39, 0.29) is 16.7 Å². The Morgan fingerprint density at radius 2 is 1.09 bits per heavy atom. The lowest BCUT2D eigenvalue weighted by molar-refractivity contribution is -0.572. The van der Waals surface area contributed by atoms with E-state index in [1.54, 1.807) is 26.8 Å². The average Bonchev–Trinajstić information content (AvgIpc) is 1.67. The van der Waals surface area contributed by atoms with E-state index in [1.807, 2.05) is 132 Å². The summed E-state index contributed by atoms with van der Waals surface area (Å²) in [7, 11) is -2.98. The van der Waals surface area contributed by atoms with E-state index in [4.69, 9.17) is 16.6 Å². The maximum atomic E-state index is 10.0. The molecule has 0 radical (unpaired) electrons. The Kier molecular flexibility index (Phi) is 11.0. The molecule has 0 fully saturated rings. The van der Waals surface area contributed by atoms with Crippen molar-refractivity contribution in [3.8, 4) is 50.9 Å². The molecule has 3 heterocycles. The van der Waals surface area contributed by atoms with Gasteiger partial charge in [-0.05, 0) is 115 Å². The number of para-hydroxylation sites is 4. The van der Waals surface area contributed by atoms with Gasteiger partial charge < -0.3 is 4.74 Å². The summed E-state index contributed by atoms with van der Waals surface area (Å²) in [5.41, 5.74) is 5.20. The van der Waals surface area contributed by atoms with Gasteiger partial charge in [-0.15, -0.1) is 0 Å². The summed E-state index contributed by atoms with van der Waals surface area (Å²) >= 11 is 0. The number of imidazole rings is 1. The fourth-order valence-corrected chi connectivity index (χ4v) is 16.5. The highest BCUT2D eigenvalue weighted by Gasteiger charge is 2.41. The molecule has 0 aliphatic rings. The topological polar surface area (TPSA) is 35.9 Å². The summed E-state index contributed by atoms with van der Waals surface area (Å²) in [5, 5.41) is 6.74. The summed E-state index contributed by atoms with van der Waals surface area (Å²) in [6.07, 6.45) is 1.28. The minimum Gasteiger partial charge on any atom is -0.458 e. The van der Waals surface area contributed by atoms with Crippen LogP contribution < -0.4 is 30.1 Å². The van der Waals surface area contributed by atoms with Crippen molar-refractivity contribution < 1.29 is 21.6 Å². The van der Waals surface area contributed by atoms with Crippen molar-refractivity contribution in [3.05, 3.63) is 284 Å². The molecule has 0 aliphatic heterocycles. The van der Waals surface area contributed by atoms with Crippen LogP contribution in [-0.2, 0) is 12.7 Å². The molecule has 0 amide bonds. The predicted molar refractivity (Wildman–Crippen MR) is 343 cm³/mol. The van der Waals surface area contributed by atoms with E-state index in [2.05, 4.69) is 134 Å². The molecule has 6 heteroatoms. The van der Waals surface area contributed by atoms with Crippen LogP contribution in [-0.4, -0.2) is 22.2 Å². The molecule has 0 saturated carbocycles. The number of hydrogen-bond donors (Lipinski definition) is 0. The Morgan fingerprint density at radius 1 is 0.500 bits per heavy atom. The van der Waals surface area contributed by atoms with Gasteiger partial charge in [0.05, 0.1) is 40.3 Å². The molecule has 0 atom stereocenters. The van der Waals surface area contributed by atoms with Crippen LogP contribution in [0.3, 0.4) is 0 Å². The monoisotopic (exact) mass is 1090 g/mol. The van der Waals surface area contributed by atoms with Crippen molar-refractivity contribution >= 4 is 61.7 Å². The van der Waals surface area contributed by atoms with Crippen molar-refractivity contribution in [1.29, 1.82) is 0 Å². The molecule has 13 rings (SSSR count). The second-order valence-electron chi connectivity index (χ2n) is 22.9. The van der Waals surface area contributed by atoms with Gasteiger partial charge in [-0.1, -0.05) is 254 Å². The van der Waals surface area contributed by atoms with Crippen LogP contribution in [0.15, 0.2) is 267 Å². The largest absolute Gasteiger partial charge is 0.458 e. The second-order valence-corrected chi connectivity index (χ2v) is 26.7. The smallest absolute Gasteiger partial charge is 0.269 e. The van der Waals surface area contributed by atoms with Crippen LogP contribution in [0.4, 0.5) is 0 Å². The Labute approximate surface area is 495 Å². The Morgan fingerprint density at radius 3 is 1.78 bits per heavy atom. The second kappa shape index (κ2) is 21.3. The summed E-state index contributed by atoms with van der Waals surface area (Å²) < 4.78 is 95.1. The number of benzene rings is 10. The zero-order chi connectivity index (χ0) is 63.9. The molecule has 0 bridgehead atoms. The van der Waals surface area contributed by atoms with Crippen LogP contribution in [0.2, 0.25) is 0 Å². The number of nitrogens with zero attached hydrogens (tertiary/aromatic N) is 4.